The van der Waals surface area contributed by atoms with Gasteiger partial charge in [0.25, 0.3) is 5.91 Å². The van der Waals surface area contributed by atoms with Crippen molar-refractivity contribution in [1.82, 2.24) is 20.3 Å². The number of hydrogen-bond acceptors (Lipinski definition) is 3. The molecule has 0 unspecified atom stereocenters. The van der Waals surface area contributed by atoms with Crippen LogP contribution in [-0.2, 0) is 6.54 Å². The van der Waals surface area contributed by atoms with Gasteiger partial charge in [-0.15, -0.1) is 5.10 Å². The molecule has 0 fully saturated rings. The van der Waals surface area contributed by atoms with E-state index >= 15 is 0 Å². The molecule has 1 aromatic carbocycles. The van der Waals surface area contributed by atoms with Crippen LogP contribution in [0.15, 0.2) is 39.5 Å². The van der Waals surface area contributed by atoms with Gasteiger partial charge in [-0.1, -0.05) is 37.1 Å². The zero-order chi connectivity index (χ0) is 13.7. The summed E-state index contributed by atoms with van der Waals surface area (Å²) >= 11 is 6.72. The van der Waals surface area contributed by atoms with Crippen LogP contribution in [-0.4, -0.2) is 27.4 Å². The Hall–Kier alpha value is -1.21. The highest BCUT2D eigenvalue weighted by atomic mass is 79.9. The summed E-state index contributed by atoms with van der Waals surface area (Å²) in [5.41, 5.74) is 0.627. The van der Waals surface area contributed by atoms with Crippen LogP contribution < -0.4 is 5.32 Å². The van der Waals surface area contributed by atoms with E-state index in [0.29, 0.717) is 12.1 Å². The standard InChI is InChI=1S/C12H12Br2N4O/c13-10-6-9(7-11(14)8-10)12(19)15-2-1-4-18-5-3-16-17-18/h3,5-8H,1-2,4H2,(H,15,19). The van der Waals surface area contributed by atoms with Crippen molar-refractivity contribution in [3.05, 3.63) is 45.1 Å². The number of benzene rings is 1. The van der Waals surface area contributed by atoms with Crippen LogP contribution in [0.2, 0.25) is 0 Å². The Kier molecular flexibility index (Phi) is 5.09. The van der Waals surface area contributed by atoms with E-state index in [9.17, 15) is 4.79 Å². The Bertz CT molecular complexity index is 537. The molecular formula is C12H12Br2N4O. The lowest BCUT2D eigenvalue weighted by Crippen LogP contribution is -2.25. The molecule has 0 saturated carbocycles. The topological polar surface area (TPSA) is 59.8 Å². The summed E-state index contributed by atoms with van der Waals surface area (Å²) in [6.45, 7) is 1.34. The van der Waals surface area contributed by atoms with Crippen molar-refractivity contribution >= 4 is 37.8 Å². The summed E-state index contributed by atoms with van der Waals surface area (Å²) in [6, 6.07) is 5.47. The third-order valence-electron chi connectivity index (χ3n) is 2.45. The number of carbonyl (C=O) groups excluding carboxylic acids is 1. The van der Waals surface area contributed by atoms with E-state index < -0.39 is 0 Å². The molecule has 0 bridgehead atoms. The molecule has 0 aliphatic carbocycles. The summed E-state index contributed by atoms with van der Waals surface area (Å²) in [7, 11) is 0. The quantitative estimate of drug-likeness (QED) is 0.802. The van der Waals surface area contributed by atoms with Gasteiger partial charge < -0.3 is 5.32 Å². The number of nitrogens with zero attached hydrogens (tertiary/aromatic N) is 3. The highest BCUT2D eigenvalue weighted by Crippen LogP contribution is 2.19. The number of aryl methyl sites for hydroxylation is 1. The fourth-order valence-electron chi connectivity index (χ4n) is 1.58. The molecular weight excluding hydrogens is 376 g/mol. The summed E-state index contributed by atoms with van der Waals surface area (Å²) in [6.07, 6.45) is 4.25. The second kappa shape index (κ2) is 6.81. The smallest absolute Gasteiger partial charge is 0.251 e. The van der Waals surface area contributed by atoms with Gasteiger partial charge in [0.15, 0.2) is 0 Å². The lowest BCUT2D eigenvalue weighted by atomic mass is 10.2. The molecule has 0 saturated heterocycles. The number of carbonyl (C=O) groups is 1. The lowest BCUT2D eigenvalue weighted by molar-refractivity contribution is 0.0952. The van der Waals surface area contributed by atoms with Crippen molar-refractivity contribution in [2.24, 2.45) is 0 Å². The molecule has 19 heavy (non-hydrogen) atoms. The van der Waals surface area contributed by atoms with Crippen LogP contribution in [0, 0.1) is 0 Å². The van der Waals surface area contributed by atoms with Gasteiger partial charge in [-0.3, -0.25) is 9.48 Å². The fourth-order valence-corrected chi connectivity index (χ4v) is 2.88. The van der Waals surface area contributed by atoms with Crippen molar-refractivity contribution in [3.8, 4) is 0 Å². The van der Waals surface area contributed by atoms with Gasteiger partial charge in [-0.25, -0.2) is 0 Å². The van der Waals surface area contributed by atoms with E-state index in [2.05, 4.69) is 47.5 Å². The molecule has 0 aliphatic heterocycles. The molecule has 7 heteroatoms. The Morgan fingerprint density at radius 2 is 2.00 bits per heavy atom. The monoisotopic (exact) mass is 386 g/mol. The van der Waals surface area contributed by atoms with Crippen molar-refractivity contribution in [1.29, 1.82) is 0 Å². The number of rotatable bonds is 5. The molecule has 5 nitrogen and oxygen atoms in total. The van der Waals surface area contributed by atoms with E-state index in [1.54, 1.807) is 29.2 Å². The molecule has 0 spiro atoms. The Morgan fingerprint density at radius 1 is 1.26 bits per heavy atom. The normalized spacial score (nSPS) is 10.4. The number of amides is 1. The molecule has 0 atom stereocenters. The summed E-state index contributed by atoms with van der Waals surface area (Å²) in [4.78, 5) is 11.9. The number of hydrogen-bond donors (Lipinski definition) is 1. The molecule has 0 aliphatic rings. The Balaban J connectivity index is 1.80. The average molecular weight is 388 g/mol. The minimum atomic E-state index is -0.0828. The van der Waals surface area contributed by atoms with Crippen LogP contribution in [0.1, 0.15) is 16.8 Å². The highest BCUT2D eigenvalue weighted by Gasteiger charge is 2.06. The third-order valence-corrected chi connectivity index (χ3v) is 3.36. The molecule has 100 valence electrons. The van der Waals surface area contributed by atoms with Crippen LogP contribution in [0.25, 0.3) is 0 Å². The van der Waals surface area contributed by atoms with Gasteiger partial charge in [0.1, 0.15) is 0 Å². The third kappa shape index (κ3) is 4.43. The summed E-state index contributed by atoms with van der Waals surface area (Å²) in [5.74, 6) is -0.0828. The first-order chi connectivity index (χ1) is 9.15. The van der Waals surface area contributed by atoms with E-state index in [1.807, 2.05) is 6.07 Å². The van der Waals surface area contributed by atoms with Crippen LogP contribution in [0.4, 0.5) is 0 Å². The van der Waals surface area contributed by atoms with E-state index in [1.165, 1.54) is 0 Å². The molecule has 1 amide bonds. The van der Waals surface area contributed by atoms with Gasteiger partial charge in [0.05, 0.1) is 6.20 Å². The average Bonchev–Trinajstić information content (AvgIpc) is 2.86. The first-order valence-electron chi connectivity index (χ1n) is 5.73. The fraction of sp³-hybridized carbons (Fsp3) is 0.250. The summed E-state index contributed by atoms with van der Waals surface area (Å²) in [5, 5.41) is 10.4. The Labute approximate surface area is 127 Å². The molecule has 1 aromatic heterocycles. The maximum Gasteiger partial charge on any atom is 0.251 e. The zero-order valence-corrected chi connectivity index (χ0v) is 13.2. The second-order valence-corrected chi connectivity index (χ2v) is 5.77. The number of halogens is 2. The SMILES string of the molecule is O=C(NCCCn1ccnn1)c1cc(Br)cc(Br)c1. The van der Waals surface area contributed by atoms with E-state index in [4.69, 9.17) is 0 Å². The predicted octanol–water partition coefficient (Wildman–Crippen LogP) is 2.62. The maximum atomic E-state index is 11.9. The highest BCUT2D eigenvalue weighted by molar-refractivity contribution is 9.11. The minimum absolute atomic E-state index is 0.0828. The number of aromatic nitrogens is 3. The van der Waals surface area contributed by atoms with Gasteiger partial charge in [0, 0.05) is 33.8 Å². The summed E-state index contributed by atoms with van der Waals surface area (Å²) < 4.78 is 3.48. The molecule has 1 N–H and O–H groups in total. The number of nitrogens with one attached hydrogen (secondary N) is 1. The van der Waals surface area contributed by atoms with Crippen LogP contribution in [0.5, 0.6) is 0 Å². The first kappa shape index (κ1) is 14.2. The van der Waals surface area contributed by atoms with E-state index in [0.717, 1.165) is 21.9 Å². The van der Waals surface area contributed by atoms with Crippen molar-refractivity contribution < 1.29 is 4.79 Å². The van der Waals surface area contributed by atoms with Crippen molar-refractivity contribution in [2.75, 3.05) is 6.54 Å². The first-order valence-corrected chi connectivity index (χ1v) is 7.32. The zero-order valence-electron chi connectivity index (χ0n) is 10.0. The molecule has 2 rings (SSSR count). The van der Waals surface area contributed by atoms with Crippen molar-refractivity contribution in [3.63, 3.8) is 0 Å². The molecule has 2 aromatic rings. The van der Waals surface area contributed by atoms with Gasteiger partial charge >= 0.3 is 0 Å². The van der Waals surface area contributed by atoms with E-state index in [-0.39, 0.29) is 5.91 Å². The van der Waals surface area contributed by atoms with Crippen molar-refractivity contribution in [2.45, 2.75) is 13.0 Å². The van der Waals surface area contributed by atoms with Gasteiger partial charge in [-0.2, -0.15) is 0 Å². The van der Waals surface area contributed by atoms with Gasteiger partial charge in [-0.05, 0) is 24.6 Å². The Morgan fingerprint density at radius 3 is 2.63 bits per heavy atom. The molecule has 0 radical (unpaired) electrons. The lowest BCUT2D eigenvalue weighted by Gasteiger charge is -2.06. The maximum absolute atomic E-state index is 11.9. The van der Waals surface area contributed by atoms with Crippen LogP contribution in [0.3, 0.4) is 0 Å². The second-order valence-electron chi connectivity index (χ2n) is 3.93. The van der Waals surface area contributed by atoms with Gasteiger partial charge in [0.2, 0.25) is 0 Å². The largest absolute Gasteiger partial charge is 0.352 e. The van der Waals surface area contributed by atoms with Crippen LogP contribution >= 0.6 is 31.9 Å². The predicted molar refractivity (Wildman–Crippen MR) is 78.8 cm³/mol. The molecule has 1 heterocycles. The minimum Gasteiger partial charge on any atom is -0.352 e.